The Hall–Kier alpha value is -13.3. The Morgan fingerprint density at radius 2 is 0.602 bits per heavy atom. The van der Waals surface area contributed by atoms with Gasteiger partial charge in [0.25, 0.3) is 0 Å². The second kappa shape index (κ2) is 23.3. The molecular formula is C90H56N4O4. The van der Waals surface area contributed by atoms with Gasteiger partial charge in [-0.1, -0.05) is 212 Å². The molecule has 4 heterocycles. The standard InChI is InChI=1S/2C45H28N2O2/c1-3-10-32(11-4-1)45-46-39-27-24-31-20-18-30-19-21-33(28-38(30)42(31)44(39)49-45)29-22-25-35(26-23-29)47(34-12-5-2-6-13-34)40-16-9-15-37-36-14-7-8-17-41(36)48-43(37)40;1-3-10-32(11-4-1)45-46-38-27-24-31-20-18-30-19-21-33(28-37(30)42(31)44(38)49-45)29-22-25-35(26-23-29)47(34-12-5-2-6-13-34)39-15-9-17-41-43(39)36-14-7-8-16-40(36)48-41/h2*1-28H. The molecular weight excluding hydrogens is 1200 g/mol. The van der Waals surface area contributed by atoms with Crippen molar-refractivity contribution in [1.82, 2.24) is 9.97 Å². The SMILES string of the molecule is c1ccc(-c2nc3ccc4ccc5ccc(-c6ccc(N(c7ccccc7)c7cccc8c7oc7ccccc78)cc6)cc5c4c3o2)cc1.c1ccc(-c2nc3ccc4ccc5ccc(-c6ccc(N(c7ccccc7)c7cccc8oc9ccccc9c78)cc6)cc5c4c3o2)cc1. The van der Waals surface area contributed by atoms with Crippen LogP contribution in [0.2, 0.25) is 0 Å². The van der Waals surface area contributed by atoms with E-state index in [1.807, 2.05) is 109 Å². The lowest BCUT2D eigenvalue weighted by molar-refractivity contribution is 0.623. The van der Waals surface area contributed by atoms with Crippen LogP contribution in [0.15, 0.2) is 357 Å². The van der Waals surface area contributed by atoms with Crippen LogP contribution in [0.25, 0.3) is 154 Å². The molecule has 0 fully saturated rings. The highest BCUT2D eigenvalue weighted by atomic mass is 16.4. The molecule has 0 radical (unpaired) electrons. The van der Waals surface area contributed by atoms with Gasteiger partial charge in [-0.15, -0.1) is 0 Å². The number of hydrogen-bond donors (Lipinski definition) is 0. The Kier molecular flexibility index (Phi) is 13.4. The molecule has 16 aromatic carbocycles. The fourth-order valence-corrected chi connectivity index (χ4v) is 14.3. The molecule has 20 rings (SSSR count). The van der Waals surface area contributed by atoms with Crippen molar-refractivity contribution in [3.05, 3.63) is 340 Å². The molecule has 0 amide bonds. The van der Waals surface area contributed by atoms with E-state index in [4.69, 9.17) is 27.6 Å². The van der Waals surface area contributed by atoms with Crippen LogP contribution < -0.4 is 9.80 Å². The molecule has 8 heteroatoms. The zero-order chi connectivity index (χ0) is 64.6. The Bertz CT molecular complexity index is 6410. The minimum absolute atomic E-state index is 0.633. The van der Waals surface area contributed by atoms with Gasteiger partial charge in [0.05, 0.1) is 16.8 Å². The average molecular weight is 1260 g/mol. The molecule has 0 unspecified atom stereocenters. The Labute approximate surface area is 562 Å². The van der Waals surface area contributed by atoms with Crippen LogP contribution in [0, 0.1) is 0 Å². The number of nitrogens with zero attached hydrogens (tertiary/aromatic N) is 4. The summed E-state index contributed by atoms with van der Waals surface area (Å²) in [7, 11) is 0. The third kappa shape index (κ3) is 9.69. The summed E-state index contributed by atoms with van der Waals surface area (Å²) in [4.78, 5) is 14.3. The van der Waals surface area contributed by atoms with Crippen LogP contribution in [0.4, 0.5) is 34.1 Å². The molecule has 20 aromatic rings. The van der Waals surface area contributed by atoms with E-state index in [2.05, 4.69) is 240 Å². The molecule has 98 heavy (non-hydrogen) atoms. The van der Waals surface area contributed by atoms with Crippen molar-refractivity contribution in [1.29, 1.82) is 0 Å². The largest absolute Gasteiger partial charge is 0.456 e. The summed E-state index contributed by atoms with van der Waals surface area (Å²) in [6.45, 7) is 0. The van der Waals surface area contributed by atoms with Crippen LogP contribution in [-0.2, 0) is 0 Å². The average Bonchev–Trinajstić information content (AvgIpc) is 1.46. The molecule has 8 nitrogen and oxygen atoms in total. The highest BCUT2D eigenvalue weighted by Gasteiger charge is 2.23. The maximum atomic E-state index is 6.48. The lowest BCUT2D eigenvalue weighted by Crippen LogP contribution is -2.10. The quantitative estimate of drug-likeness (QED) is 0.125. The van der Waals surface area contributed by atoms with Gasteiger partial charge in [0, 0.05) is 60.8 Å². The van der Waals surface area contributed by atoms with Crippen LogP contribution in [0.1, 0.15) is 0 Å². The van der Waals surface area contributed by atoms with Crippen LogP contribution in [-0.4, -0.2) is 9.97 Å². The predicted molar refractivity (Wildman–Crippen MR) is 404 cm³/mol. The first-order valence-electron chi connectivity index (χ1n) is 32.9. The Morgan fingerprint density at radius 1 is 0.214 bits per heavy atom. The molecule has 0 N–H and O–H groups in total. The van der Waals surface area contributed by atoms with Crippen molar-refractivity contribution < 1.29 is 17.7 Å². The first kappa shape index (κ1) is 56.3. The third-order valence-electron chi connectivity index (χ3n) is 18.9. The number of hydrogen-bond acceptors (Lipinski definition) is 8. The van der Waals surface area contributed by atoms with Gasteiger partial charge in [0.1, 0.15) is 27.8 Å². The van der Waals surface area contributed by atoms with Gasteiger partial charge in [-0.25, -0.2) is 9.97 Å². The van der Waals surface area contributed by atoms with Crippen molar-refractivity contribution in [2.75, 3.05) is 9.80 Å². The summed E-state index contributed by atoms with van der Waals surface area (Å²) in [6.07, 6.45) is 0. The van der Waals surface area contributed by atoms with Crippen molar-refractivity contribution in [2.45, 2.75) is 0 Å². The zero-order valence-corrected chi connectivity index (χ0v) is 52.8. The second-order valence-corrected chi connectivity index (χ2v) is 24.7. The topological polar surface area (TPSA) is 84.8 Å². The molecule has 0 spiro atoms. The van der Waals surface area contributed by atoms with Gasteiger partial charge in [0.15, 0.2) is 16.7 Å². The second-order valence-electron chi connectivity index (χ2n) is 24.7. The van der Waals surface area contributed by atoms with Gasteiger partial charge in [-0.3, -0.25) is 0 Å². The Morgan fingerprint density at radius 3 is 1.14 bits per heavy atom. The summed E-state index contributed by atoms with van der Waals surface area (Å²) in [5.74, 6) is 1.27. The zero-order valence-electron chi connectivity index (χ0n) is 52.8. The maximum absolute atomic E-state index is 6.48. The first-order valence-corrected chi connectivity index (χ1v) is 32.9. The van der Waals surface area contributed by atoms with Gasteiger partial charge in [-0.05, 0) is 182 Å². The predicted octanol–water partition coefficient (Wildman–Crippen LogP) is 25.7. The van der Waals surface area contributed by atoms with E-state index in [1.54, 1.807) is 0 Å². The van der Waals surface area contributed by atoms with Gasteiger partial charge >= 0.3 is 0 Å². The molecule has 0 bridgehead atoms. The first-order chi connectivity index (χ1) is 48.6. The van der Waals surface area contributed by atoms with Gasteiger partial charge in [-0.2, -0.15) is 0 Å². The van der Waals surface area contributed by atoms with Crippen molar-refractivity contribution >= 4 is 143 Å². The minimum Gasteiger partial charge on any atom is -0.456 e. The molecule has 0 aliphatic heterocycles. The maximum Gasteiger partial charge on any atom is 0.227 e. The number of fused-ring (bicyclic) bond motifs is 16. The number of rotatable bonds is 10. The number of aromatic nitrogens is 2. The summed E-state index contributed by atoms with van der Waals surface area (Å²) in [6, 6.07) is 118. The number of oxazole rings is 2. The lowest BCUT2D eigenvalue weighted by atomic mass is 9.96. The van der Waals surface area contributed by atoms with E-state index in [-0.39, 0.29) is 0 Å². The van der Waals surface area contributed by atoms with Crippen molar-refractivity contribution in [3.8, 4) is 45.2 Å². The Balaban J connectivity index is 0.000000137. The monoisotopic (exact) mass is 1260 g/mol. The highest BCUT2D eigenvalue weighted by molar-refractivity contribution is 6.20. The third-order valence-corrected chi connectivity index (χ3v) is 18.9. The smallest absolute Gasteiger partial charge is 0.227 e. The molecule has 0 saturated heterocycles. The van der Waals surface area contributed by atoms with E-state index in [9.17, 15) is 0 Å². The normalized spacial score (nSPS) is 11.7. The van der Waals surface area contributed by atoms with Crippen LogP contribution in [0.5, 0.6) is 0 Å². The van der Waals surface area contributed by atoms with Gasteiger partial charge in [0.2, 0.25) is 11.8 Å². The van der Waals surface area contributed by atoms with Gasteiger partial charge < -0.3 is 27.5 Å². The fraction of sp³-hybridized carbons (Fsp3) is 0. The molecule has 0 saturated carbocycles. The van der Waals surface area contributed by atoms with E-state index < -0.39 is 0 Å². The molecule has 0 aliphatic carbocycles. The molecule has 4 aromatic heterocycles. The number of benzene rings is 16. The van der Waals surface area contributed by atoms with Crippen LogP contribution >= 0.6 is 0 Å². The van der Waals surface area contributed by atoms with E-state index in [0.717, 1.165) is 177 Å². The van der Waals surface area contributed by atoms with Crippen molar-refractivity contribution in [2.24, 2.45) is 0 Å². The summed E-state index contributed by atoms with van der Waals surface area (Å²) < 4.78 is 25.7. The number of furan rings is 2. The number of para-hydroxylation sites is 5. The molecule has 0 aliphatic rings. The summed E-state index contributed by atoms with van der Waals surface area (Å²) in [5.41, 5.74) is 19.6. The molecule has 460 valence electrons. The van der Waals surface area contributed by atoms with E-state index >= 15 is 0 Å². The van der Waals surface area contributed by atoms with E-state index in [1.165, 1.54) is 0 Å². The van der Waals surface area contributed by atoms with Crippen molar-refractivity contribution in [3.63, 3.8) is 0 Å². The number of anilines is 6. The summed E-state index contributed by atoms with van der Waals surface area (Å²) in [5, 5.41) is 13.4. The lowest BCUT2D eigenvalue weighted by Gasteiger charge is -2.26. The van der Waals surface area contributed by atoms with E-state index in [0.29, 0.717) is 11.8 Å². The minimum atomic E-state index is 0.633. The van der Waals surface area contributed by atoms with Crippen LogP contribution in [0.3, 0.4) is 0 Å². The fourth-order valence-electron chi connectivity index (χ4n) is 14.3. The summed E-state index contributed by atoms with van der Waals surface area (Å²) >= 11 is 0. The molecule has 0 atom stereocenters. The highest BCUT2D eigenvalue weighted by Crippen LogP contribution is 2.46.